The van der Waals surface area contributed by atoms with Crippen molar-refractivity contribution < 1.29 is 19.0 Å². The smallest absolute Gasteiger partial charge is 0.338 e. The van der Waals surface area contributed by atoms with Gasteiger partial charge in [-0.15, -0.1) is 0 Å². The lowest BCUT2D eigenvalue weighted by atomic mass is 10.2. The van der Waals surface area contributed by atoms with Crippen molar-refractivity contribution in [3.8, 4) is 5.75 Å². The van der Waals surface area contributed by atoms with E-state index in [0.29, 0.717) is 5.02 Å². The molecule has 0 spiro atoms. The predicted octanol–water partition coefficient (Wildman–Crippen LogP) is 3.76. The number of carboxylic acids is 1. The van der Waals surface area contributed by atoms with Crippen molar-refractivity contribution in [3.05, 3.63) is 64.4 Å². The van der Waals surface area contributed by atoms with Crippen LogP contribution < -0.4 is 4.74 Å². The molecule has 0 saturated carbocycles. The Hall–Kier alpha value is -2.07. The van der Waals surface area contributed by atoms with Gasteiger partial charge in [0.25, 0.3) is 0 Å². The summed E-state index contributed by atoms with van der Waals surface area (Å²) in [5.41, 5.74) is 0.463. The molecule has 1 N–H and O–H groups in total. The average Bonchev–Trinajstić information content (AvgIpc) is 2.36. The summed E-state index contributed by atoms with van der Waals surface area (Å²) >= 11 is 5.83. The van der Waals surface area contributed by atoms with E-state index in [1.165, 1.54) is 12.1 Å². The molecule has 0 amide bonds. The molecule has 0 aliphatic carbocycles. The van der Waals surface area contributed by atoms with E-state index >= 15 is 0 Å². The minimum atomic E-state index is -1.31. The second-order valence-electron chi connectivity index (χ2n) is 3.87. The average molecular weight is 281 g/mol. The first kappa shape index (κ1) is 13.4. The number of ether oxygens (including phenoxy) is 1. The van der Waals surface area contributed by atoms with E-state index in [1.807, 2.05) is 6.07 Å². The molecule has 0 saturated heterocycles. The normalized spacial score (nSPS) is 10.2. The van der Waals surface area contributed by atoms with Gasteiger partial charge in [0.1, 0.15) is 18.2 Å². The molecule has 0 atom stereocenters. The van der Waals surface area contributed by atoms with Crippen LogP contribution in [0.15, 0.2) is 42.5 Å². The summed E-state index contributed by atoms with van der Waals surface area (Å²) in [4.78, 5) is 10.7. The second kappa shape index (κ2) is 5.71. The fourth-order valence-electron chi connectivity index (χ4n) is 1.55. The Kier molecular flexibility index (Phi) is 4.02. The van der Waals surface area contributed by atoms with E-state index in [1.54, 1.807) is 18.2 Å². The molecule has 0 bridgehead atoms. The monoisotopic (exact) mass is 280 g/mol. The Morgan fingerprint density at radius 1 is 1.26 bits per heavy atom. The van der Waals surface area contributed by atoms with Crippen LogP contribution in [0.25, 0.3) is 0 Å². The van der Waals surface area contributed by atoms with E-state index in [9.17, 15) is 9.18 Å². The second-order valence-corrected chi connectivity index (χ2v) is 4.30. The lowest BCUT2D eigenvalue weighted by Crippen LogP contribution is -2.01. The Morgan fingerprint density at radius 3 is 2.68 bits per heavy atom. The van der Waals surface area contributed by atoms with Gasteiger partial charge in [0.15, 0.2) is 0 Å². The van der Waals surface area contributed by atoms with Gasteiger partial charge in [-0.2, -0.15) is 0 Å². The van der Waals surface area contributed by atoms with Crippen LogP contribution in [-0.4, -0.2) is 11.1 Å². The third-order valence-corrected chi connectivity index (χ3v) is 2.70. The van der Waals surface area contributed by atoms with E-state index in [4.69, 9.17) is 21.4 Å². The quantitative estimate of drug-likeness (QED) is 0.927. The van der Waals surface area contributed by atoms with Crippen LogP contribution in [0.4, 0.5) is 4.39 Å². The minimum Gasteiger partial charge on any atom is -0.489 e. The summed E-state index contributed by atoms with van der Waals surface area (Å²) in [6, 6.07) is 10.7. The largest absolute Gasteiger partial charge is 0.489 e. The summed E-state index contributed by atoms with van der Waals surface area (Å²) in [6.07, 6.45) is 0. The van der Waals surface area contributed by atoms with Gasteiger partial charge in [-0.25, -0.2) is 9.18 Å². The van der Waals surface area contributed by atoms with Crippen LogP contribution >= 0.6 is 11.6 Å². The molecule has 98 valence electrons. The topological polar surface area (TPSA) is 46.5 Å². The molecular weight excluding hydrogens is 271 g/mol. The van der Waals surface area contributed by atoms with Gasteiger partial charge in [0.2, 0.25) is 0 Å². The zero-order valence-electron chi connectivity index (χ0n) is 9.77. The maximum atomic E-state index is 13.4. The lowest BCUT2D eigenvalue weighted by molar-refractivity contribution is 0.0692. The zero-order valence-corrected chi connectivity index (χ0v) is 10.5. The third kappa shape index (κ3) is 3.45. The third-order valence-electron chi connectivity index (χ3n) is 2.47. The van der Waals surface area contributed by atoms with Crippen molar-refractivity contribution in [1.82, 2.24) is 0 Å². The summed E-state index contributed by atoms with van der Waals surface area (Å²) in [5, 5.41) is 9.29. The van der Waals surface area contributed by atoms with Crippen molar-refractivity contribution in [1.29, 1.82) is 0 Å². The van der Waals surface area contributed by atoms with Crippen molar-refractivity contribution in [2.45, 2.75) is 6.61 Å². The first-order valence-electron chi connectivity index (χ1n) is 5.46. The molecule has 0 unspecified atom stereocenters. The number of aromatic carboxylic acids is 1. The van der Waals surface area contributed by atoms with Gasteiger partial charge in [0, 0.05) is 11.1 Å². The van der Waals surface area contributed by atoms with Gasteiger partial charge < -0.3 is 9.84 Å². The molecule has 0 heterocycles. The van der Waals surface area contributed by atoms with Gasteiger partial charge in [0.05, 0.1) is 5.56 Å². The molecular formula is C14H10ClFO3. The summed E-state index contributed by atoms with van der Waals surface area (Å²) < 4.78 is 18.8. The standard InChI is InChI=1S/C14H10ClFO3/c15-10-3-1-2-9(6-10)8-19-11-4-5-12(14(17)18)13(16)7-11/h1-7H,8H2,(H,17,18). The number of rotatable bonds is 4. The van der Waals surface area contributed by atoms with Gasteiger partial charge in [-0.05, 0) is 29.8 Å². The Balaban J connectivity index is 2.08. The molecule has 0 fully saturated rings. The van der Waals surface area contributed by atoms with Crippen molar-refractivity contribution in [2.75, 3.05) is 0 Å². The minimum absolute atomic E-state index is 0.229. The highest BCUT2D eigenvalue weighted by Gasteiger charge is 2.10. The first-order chi connectivity index (χ1) is 9.06. The maximum absolute atomic E-state index is 13.4. The molecule has 2 aromatic rings. The van der Waals surface area contributed by atoms with E-state index < -0.39 is 11.8 Å². The van der Waals surface area contributed by atoms with Crippen molar-refractivity contribution in [2.24, 2.45) is 0 Å². The first-order valence-corrected chi connectivity index (χ1v) is 5.84. The highest BCUT2D eigenvalue weighted by molar-refractivity contribution is 6.30. The number of hydrogen-bond donors (Lipinski definition) is 1. The van der Waals surface area contributed by atoms with Crippen LogP contribution in [-0.2, 0) is 6.61 Å². The number of halogens is 2. The summed E-state index contributed by atoms with van der Waals surface area (Å²) in [5.74, 6) is -1.86. The highest BCUT2D eigenvalue weighted by Crippen LogP contribution is 2.19. The Labute approximate surface area is 114 Å². The molecule has 2 aromatic carbocycles. The molecule has 0 radical (unpaired) electrons. The Morgan fingerprint density at radius 2 is 2.05 bits per heavy atom. The molecule has 0 aromatic heterocycles. The fraction of sp³-hybridized carbons (Fsp3) is 0.0714. The van der Waals surface area contributed by atoms with Crippen LogP contribution in [0.5, 0.6) is 5.75 Å². The molecule has 0 aliphatic heterocycles. The predicted molar refractivity (Wildman–Crippen MR) is 69.1 cm³/mol. The van der Waals surface area contributed by atoms with E-state index in [-0.39, 0.29) is 17.9 Å². The van der Waals surface area contributed by atoms with Crippen LogP contribution in [0.3, 0.4) is 0 Å². The lowest BCUT2D eigenvalue weighted by Gasteiger charge is -2.07. The highest BCUT2D eigenvalue weighted by atomic mass is 35.5. The van der Waals surface area contributed by atoms with E-state index in [0.717, 1.165) is 11.6 Å². The van der Waals surface area contributed by atoms with E-state index in [2.05, 4.69) is 0 Å². The van der Waals surface area contributed by atoms with Crippen LogP contribution in [0, 0.1) is 5.82 Å². The molecule has 0 aliphatic rings. The zero-order chi connectivity index (χ0) is 13.8. The number of carboxylic acid groups (broad SMARTS) is 1. The number of hydrogen-bond acceptors (Lipinski definition) is 2. The Bertz CT molecular complexity index is 613. The van der Waals surface area contributed by atoms with Crippen molar-refractivity contribution >= 4 is 17.6 Å². The summed E-state index contributed by atoms with van der Waals surface area (Å²) in [7, 11) is 0. The number of benzene rings is 2. The van der Waals surface area contributed by atoms with Gasteiger partial charge in [-0.3, -0.25) is 0 Å². The SMILES string of the molecule is O=C(O)c1ccc(OCc2cccc(Cl)c2)cc1F. The van der Waals surface area contributed by atoms with Crippen molar-refractivity contribution in [3.63, 3.8) is 0 Å². The van der Waals surface area contributed by atoms with Crippen LogP contribution in [0.1, 0.15) is 15.9 Å². The summed E-state index contributed by atoms with van der Waals surface area (Å²) in [6.45, 7) is 0.229. The maximum Gasteiger partial charge on any atom is 0.338 e. The fourth-order valence-corrected chi connectivity index (χ4v) is 1.77. The molecule has 2 rings (SSSR count). The molecule has 3 nitrogen and oxygen atoms in total. The molecule has 19 heavy (non-hydrogen) atoms. The molecule has 5 heteroatoms. The van der Waals surface area contributed by atoms with Gasteiger partial charge in [-0.1, -0.05) is 23.7 Å². The van der Waals surface area contributed by atoms with Gasteiger partial charge >= 0.3 is 5.97 Å². The number of carbonyl (C=O) groups is 1. The van der Waals surface area contributed by atoms with Crippen LogP contribution in [0.2, 0.25) is 5.02 Å².